The van der Waals surface area contributed by atoms with Crippen molar-refractivity contribution in [3.63, 3.8) is 0 Å². The summed E-state index contributed by atoms with van der Waals surface area (Å²) in [5, 5.41) is 0.517. The molecule has 1 atom stereocenters. The maximum absolute atomic E-state index is 13.4. The molecule has 1 unspecified atom stereocenters. The standard InChI is InChI=1S/C12H15BrClF/c1-8(2)6-9(13)7-10-11(14)4-3-5-12(10)15/h3-5,8-9H,6-7H2,1-2H3. The van der Waals surface area contributed by atoms with Crippen molar-refractivity contribution in [2.24, 2.45) is 5.92 Å². The zero-order valence-corrected chi connectivity index (χ0v) is 11.3. The second kappa shape index (κ2) is 5.86. The topological polar surface area (TPSA) is 0 Å². The first kappa shape index (κ1) is 13.0. The Morgan fingerprint density at radius 2 is 2.07 bits per heavy atom. The first-order valence-corrected chi connectivity index (χ1v) is 6.37. The van der Waals surface area contributed by atoms with E-state index in [9.17, 15) is 4.39 Å². The highest BCUT2D eigenvalue weighted by Crippen LogP contribution is 2.25. The fourth-order valence-corrected chi connectivity index (χ4v) is 2.86. The van der Waals surface area contributed by atoms with Crippen molar-refractivity contribution in [2.45, 2.75) is 31.5 Å². The van der Waals surface area contributed by atoms with Crippen LogP contribution in [-0.4, -0.2) is 4.83 Å². The van der Waals surface area contributed by atoms with Crippen LogP contribution in [0, 0.1) is 11.7 Å². The number of hydrogen-bond donors (Lipinski definition) is 0. The van der Waals surface area contributed by atoms with Crippen LogP contribution >= 0.6 is 27.5 Å². The highest BCUT2D eigenvalue weighted by molar-refractivity contribution is 9.09. The summed E-state index contributed by atoms with van der Waals surface area (Å²) in [6, 6.07) is 4.82. The van der Waals surface area contributed by atoms with Crippen LogP contribution in [0.5, 0.6) is 0 Å². The summed E-state index contributed by atoms with van der Waals surface area (Å²) < 4.78 is 13.4. The summed E-state index contributed by atoms with van der Waals surface area (Å²) in [6.45, 7) is 4.30. The lowest BCUT2D eigenvalue weighted by atomic mass is 10.0. The van der Waals surface area contributed by atoms with E-state index in [-0.39, 0.29) is 10.6 Å². The molecule has 0 saturated carbocycles. The Morgan fingerprint density at radius 1 is 1.40 bits per heavy atom. The van der Waals surface area contributed by atoms with Gasteiger partial charge in [-0.1, -0.05) is 47.4 Å². The number of hydrogen-bond acceptors (Lipinski definition) is 0. The van der Waals surface area contributed by atoms with E-state index in [1.807, 2.05) is 0 Å². The lowest BCUT2D eigenvalue weighted by Gasteiger charge is -2.13. The van der Waals surface area contributed by atoms with Crippen LogP contribution in [0.2, 0.25) is 5.02 Å². The van der Waals surface area contributed by atoms with Gasteiger partial charge in [0.15, 0.2) is 0 Å². The maximum atomic E-state index is 13.4. The first-order chi connectivity index (χ1) is 7.00. The molecule has 0 aliphatic rings. The van der Waals surface area contributed by atoms with Gasteiger partial charge in [-0.3, -0.25) is 0 Å². The molecular formula is C12H15BrClF. The molecule has 0 N–H and O–H groups in total. The van der Waals surface area contributed by atoms with E-state index in [1.165, 1.54) is 6.07 Å². The molecule has 0 aliphatic carbocycles. The third-order valence-corrected chi connectivity index (χ3v) is 3.27. The van der Waals surface area contributed by atoms with Crippen LogP contribution in [0.25, 0.3) is 0 Å². The van der Waals surface area contributed by atoms with Gasteiger partial charge >= 0.3 is 0 Å². The van der Waals surface area contributed by atoms with Crippen LogP contribution < -0.4 is 0 Å². The van der Waals surface area contributed by atoms with Crippen LogP contribution in [0.15, 0.2) is 18.2 Å². The molecule has 0 nitrogen and oxygen atoms in total. The van der Waals surface area contributed by atoms with Gasteiger partial charge in [-0.15, -0.1) is 0 Å². The van der Waals surface area contributed by atoms with Crippen LogP contribution in [0.3, 0.4) is 0 Å². The second-order valence-electron chi connectivity index (χ2n) is 4.13. The zero-order valence-electron chi connectivity index (χ0n) is 8.93. The summed E-state index contributed by atoms with van der Waals surface area (Å²) in [6.07, 6.45) is 1.66. The molecule has 0 aliphatic heterocycles. The summed E-state index contributed by atoms with van der Waals surface area (Å²) in [5.41, 5.74) is 0.613. The van der Waals surface area contributed by atoms with Crippen LogP contribution in [-0.2, 0) is 6.42 Å². The minimum atomic E-state index is -0.212. The average Bonchev–Trinajstić information content (AvgIpc) is 2.10. The zero-order chi connectivity index (χ0) is 11.4. The SMILES string of the molecule is CC(C)CC(Br)Cc1c(F)cccc1Cl. The largest absolute Gasteiger partial charge is 0.207 e. The van der Waals surface area contributed by atoms with Crippen molar-refractivity contribution in [3.05, 3.63) is 34.6 Å². The highest BCUT2D eigenvalue weighted by Gasteiger charge is 2.13. The molecule has 0 amide bonds. The summed E-state index contributed by atoms with van der Waals surface area (Å²) in [4.78, 5) is 0.284. The summed E-state index contributed by atoms with van der Waals surface area (Å²) in [7, 11) is 0. The second-order valence-corrected chi connectivity index (χ2v) is 5.83. The number of alkyl halides is 1. The van der Waals surface area contributed by atoms with Crippen molar-refractivity contribution < 1.29 is 4.39 Å². The molecule has 15 heavy (non-hydrogen) atoms. The molecule has 0 heterocycles. The molecule has 0 saturated heterocycles. The minimum Gasteiger partial charge on any atom is -0.207 e. The third-order valence-electron chi connectivity index (χ3n) is 2.21. The molecule has 0 fully saturated rings. The fraction of sp³-hybridized carbons (Fsp3) is 0.500. The van der Waals surface area contributed by atoms with E-state index < -0.39 is 0 Å². The van der Waals surface area contributed by atoms with Gasteiger partial charge in [-0.05, 0) is 30.9 Å². The molecule has 3 heteroatoms. The Labute approximate surface area is 104 Å². The van der Waals surface area contributed by atoms with Gasteiger partial charge in [0.25, 0.3) is 0 Å². The maximum Gasteiger partial charge on any atom is 0.127 e. The van der Waals surface area contributed by atoms with Crippen molar-refractivity contribution in [1.82, 2.24) is 0 Å². The van der Waals surface area contributed by atoms with Gasteiger partial charge in [0, 0.05) is 15.4 Å². The van der Waals surface area contributed by atoms with Gasteiger partial charge < -0.3 is 0 Å². The van der Waals surface area contributed by atoms with E-state index in [1.54, 1.807) is 12.1 Å². The van der Waals surface area contributed by atoms with Crippen LogP contribution in [0.1, 0.15) is 25.8 Å². The lowest BCUT2D eigenvalue weighted by Crippen LogP contribution is -2.08. The Hall–Kier alpha value is -0.0800. The predicted molar refractivity (Wildman–Crippen MR) is 67.3 cm³/mol. The van der Waals surface area contributed by atoms with E-state index in [4.69, 9.17) is 11.6 Å². The Kier molecular flexibility index (Phi) is 5.07. The Morgan fingerprint density at radius 3 is 2.60 bits per heavy atom. The van der Waals surface area contributed by atoms with Crippen molar-refractivity contribution >= 4 is 27.5 Å². The normalized spacial score (nSPS) is 13.2. The van der Waals surface area contributed by atoms with E-state index in [0.29, 0.717) is 22.9 Å². The Balaban J connectivity index is 2.71. The molecule has 1 aromatic rings. The van der Waals surface area contributed by atoms with Gasteiger partial charge in [-0.2, -0.15) is 0 Å². The smallest absolute Gasteiger partial charge is 0.127 e. The van der Waals surface area contributed by atoms with Gasteiger partial charge in [0.2, 0.25) is 0 Å². The highest BCUT2D eigenvalue weighted by atomic mass is 79.9. The Bertz CT molecular complexity index is 305. The van der Waals surface area contributed by atoms with Gasteiger partial charge in [-0.25, -0.2) is 4.39 Å². The quantitative estimate of drug-likeness (QED) is 0.697. The van der Waals surface area contributed by atoms with Crippen molar-refractivity contribution in [2.75, 3.05) is 0 Å². The summed E-state index contributed by atoms with van der Waals surface area (Å²) >= 11 is 9.51. The number of rotatable bonds is 4. The summed E-state index contributed by atoms with van der Waals surface area (Å²) in [5.74, 6) is 0.385. The van der Waals surface area contributed by atoms with E-state index >= 15 is 0 Å². The molecule has 0 aromatic heterocycles. The molecule has 1 aromatic carbocycles. The average molecular weight is 294 g/mol. The lowest BCUT2D eigenvalue weighted by molar-refractivity contribution is 0.556. The number of benzene rings is 1. The fourth-order valence-electron chi connectivity index (χ4n) is 1.54. The predicted octanol–water partition coefficient (Wildman–Crippen LogP) is 4.83. The van der Waals surface area contributed by atoms with E-state index in [2.05, 4.69) is 29.8 Å². The third kappa shape index (κ3) is 4.12. The monoisotopic (exact) mass is 292 g/mol. The molecule has 0 radical (unpaired) electrons. The number of halogens is 3. The van der Waals surface area contributed by atoms with E-state index in [0.717, 1.165) is 6.42 Å². The van der Waals surface area contributed by atoms with Crippen LogP contribution in [0.4, 0.5) is 4.39 Å². The molecular weight excluding hydrogens is 278 g/mol. The molecule has 1 rings (SSSR count). The van der Waals surface area contributed by atoms with Crippen molar-refractivity contribution in [1.29, 1.82) is 0 Å². The first-order valence-electron chi connectivity index (χ1n) is 5.07. The molecule has 0 bridgehead atoms. The van der Waals surface area contributed by atoms with Gasteiger partial charge in [0.1, 0.15) is 5.82 Å². The molecule has 84 valence electrons. The minimum absolute atomic E-state index is 0.212. The van der Waals surface area contributed by atoms with Crippen molar-refractivity contribution in [3.8, 4) is 0 Å². The van der Waals surface area contributed by atoms with Gasteiger partial charge in [0.05, 0.1) is 0 Å². The molecule has 0 spiro atoms.